The van der Waals surface area contributed by atoms with E-state index in [1.807, 2.05) is 12.1 Å². The number of ether oxygens (including phenoxy) is 2. The topological polar surface area (TPSA) is 77.0 Å². The summed E-state index contributed by atoms with van der Waals surface area (Å²) in [7, 11) is 0. The lowest BCUT2D eigenvalue weighted by Crippen LogP contribution is -2.39. The van der Waals surface area contributed by atoms with Crippen molar-refractivity contribution in [1.29, 1.82) is 0 Å². The molecule has 2 aromatic rings. The molecule has 28 heavy (non-hydrogen) atoms. The summed E-state index contributed by atoms with van der Waals surface area (Å²) in [6.45, 7) is 3.54. The Kier molecular flexibility index (Phi) is 3.40. The fraction of sp³-hybridized carbons (Fsp3) is 0.455. The quantitative estimate of drug-likeness (QED) is 0.742. The van der Waals surface area contributed by atoms with Crippen LogP contribution in [0, 0.1) is 0 Å². The van der Waals surface area contributed by atoms with E-state index in [-0.39, 0.29) is 0 Å². The molecule has 0 aliphatic carbocycles. The number of rotatable bonds is 1. The van der Waals surface area contributed by atoms with Crippen molar-refractivity contribution in [3.8, 4) is 22.6 Å². The minimum absolute atomic E-state index is 0.465. The van der Waals surface area contributed by atoms with Crippen LogP contribution in [0.2, 0.25) is 0 Å². The molecule has 2 atom stereocenters. The molecule has 6 heteroatoms. The number of fused-ring (bicyclic) bond motifs is 6. The van der Waals surface area contributed by atoms with Crippen LogP contribution in [0.25, 0.3) is 11.1 Å². The second-order valence-corrected chi connectivity index (χ2v) is 8.36. The molecule has 0 bridgehead atoms. The van der Waals surface area contributed by atoms with Gasteiger partial charge in [-0.15, -0.1) is 0 Å². The Morgan fingerprint density at radius 3 is 1.64 bits per heavy atom. The fourth-order valence-corrected chi connectivity index (χ4v) is 5.45. The monoisotopic (exact) mass is 378 g/mol. The molecule has 6 nitrogen and oxygen atoms in total. The molecule has 2 fully saturated rings. The summed E-state index contributed by atoms with van der Waals surface area (Å²) in [6.07, 6.45) is 4.77. The first kappa shape index (κ1) is 16.2. The number of nitrogens with zero attached hydrogens (tertiary/aromatic N) is 2. The van der Waals surface area contributed by atoms with Gasteiger partial charge in [0.15, 0.2) is 11.5 Å². The summed E-state index contributed by atoms with van der Waals surface area (Å²) < 4.78 is 12.6. The maximum atomic E-state index is 6.50. The third-order valence-electron chi connectivity index (χ3n) is 6.80. The van der Waals surface area contributed by atoms with E-state index in [9.17, 15) is 0 Å². The smallest absolute Gasteiger partial charge is 0.152 e. The van der Waals surface area contributed by atoms with E-state index in [0.29, 0.717) is 36.7 Å². The van der Waals surface area contributed by atoms with Gasteiger partial charge in [-0.3, -0.25) is 0 Å². The van der Waals surface area contributed by atoms with Crippen LogP contribution in [0.1, 0.15) is 25.7 Å². The second kappa shape index (κ2) is 5.87. The zero-order chi connectivity index (χ0) is 18.8. The first-order valence-electron chi connectivity index (χ1n) is 10.4. The van der Waals surface area contributed by atoms with Crippen molar-refractivity contribution >= 4 is 22.7 Å². The number of hydrogen-bond acceptors (Lipinski definition) is 6. The molecule has 0 spiro atoms. The summed E-state index contributed by atoms with van der Waals surface area (Å²) in [5.41, 5.74) is 18.4. The maximum absolute atomic E-state index is 6.50. The van der Waals surface area contributed by atoms with Gasteiger partial charge in [-0.1, -0.05) is 0 Å². The molecule has 2 aromatic carbocycles. The first-order valence-corrected chi connectivity index (χ1v) is 10.4. The van der Waals surface area contributed by atoms with E-state index in [4.69, 9.17) is 20.9 Å². The predicted molar refractivity (Wildman–Crippen MR) is 112 cm³/mol. The van der Waals surface area contributed by atoms with E-state index in [2.05, 4.69) is 21.9 Å². The number of hydrogen-bond donors (Lipinski definition) is 2. The van der Waals surface area contributed by atoms with Crippen LogP contribution >= 0.6 is 0 Å². The molecule has 4 aliphatic rings. The van der Waals surface area contributed by atoms with E-state index in [1.165, 1.54) is 25.7 Å². The van der Waals surface area contributed by atoms with Gasteiger partial charge < -0.3 is 30.7 Å². The lowest BCUT2D eigenvalue weighted by atomic mass is 9.95. The number of nitrogen functional groups attached to an aromatic ring is 2. The van der Waals surface area contributed by atoms with Crippen LogP contribution in [-0.2, 0) is 0 Å². The van der Waals surface area contributed by atoms with E-state index in [0.717, 1.165) is 47.1 Å². The molecular weight excluding hydrogens is 352 g/mol. The minimum Gasteiger partial charge on any atom is -0.489 e. The zero-order valence-corrected chi connectivity index (χ0v) is 16.0. The van der Waals surface area contributed by atoms with Crippen LogP contribution in [0.3, 0.4) is 0 Å². The van der Waals surface area contributed by atoms with Gasteiger partial charge in [0.1, 0.15) is 13.2 Å². The molecule has 0 radical (unpaired) electrons. The Hall–Kier alpha value is -2.76. The highest BCUT2D eigenvalue weighted by atomic mass is 16.5. The number of anilines is 4. The van der Waals surface area contributed by atoms with Crippen LogP contribution in [0.5, 0.6) is 11.5 Å². The van der Waals surface area contributed by atoms with Crippen molar-refractivity contribution in [1.82, 2.24) is 0 Å². The van der Waals surface area contributed by atoms with Crippen molar-refractivity contribution < 1.29 is 9.47 Å². The summed E-state index contributed by atoms with van der Waals surface area (Å²) in [5.74, 6) is 1.70. The summed E-state index contributed by atoms with van der Waals surface area (Å²) >= 11 is 0. The highest BCUT2D eigenvalue weighted by Crippen LogP contribution is 2.54. The van der Waals surface area contributed by atoms with Crippen molar-refractivity contribution in [2.45, 2.75) is 37.8 Å². The highest BCUT2D eigenvalue weighted by Gasteiger charge is 2.37. The Labute approximate surface area is 165 Å². The van der Waals surface area contributed by atoms with Crippen LogP contribution in [0.15, 0.2) is 24.3 Å². The average Bonchev–Trinajstić information content (AvgIpc) is 3.37. The highest BCUT2D eigenvalue weighted by molar-refractivity contribution is 5.98. The molecule has 0 saturated carbocycles. The second-order valence-electron chi connectivity index (χ2n) is 8.36. The normalized spacial score (nSPS) is 24.7. The first-order chi connectivity index (χ1) is 13.7. The number of nitrogens with two attached hydrogens (primary N) is 2. The molecule has 6 rings (SSSR count). The standard InChI is InChI=1S/C22H26N4O2/c23-15-5-7-17-21(27-11-13-3-1-9-25(13)17)19(15)20-16(24)6-8-18-22(20)28-12-14-4-2-10-26(14)18/h5-8,13-14H,1-4,9-12,23-24H2/t13-,14-/m0/s1. The van der Waals surface area contributed by atoms with E-state index >= 15 is 0 Å². The fourth-order valence-electron chi connectivity index (χ4n) is 5.45. The van der Waals surface area contributed by atoms with Crippen LogP contribution < -0.4 is 30.7 Å². The Morgan fingerprint density at radius 1 is 0.714 bits per heavy atom. The molecule has 0 amide bonds. The molecular formula is C22H26N4O2. The number of benzene rings is 2. The Bertz CT molecular complexity index is 883. The van der Waals surface area contributed by atoms with E-state index < -0.39 is 0 Å². The van der Waals surface area contributed by atoms with Gasteiger partial charge in [-0.2, -0.15) is 0 Å². The van der Waals surface area contributed by atoms with Gasteiger partial charge in [-0.25, -0.2) is 0 Å². The lowest BCUT2D eigenvalue weighted by Gasteiger charge is -2.37. The van der Waals surface area contributed by atoms with Crippen molar-refractivity contribution in [2.24, 2.45) is 0 Å². The molecule has 4 aliphatic heterocycles. The van der Waals surface area contributed by atoms with Gasteiger partial charge in [0.25, 0.3) is 0 Å². The van der Waals surface area contributed by atoms with E-state index in [1.54, 1.807) is 0 Å². The summed E-state index contributed by atoms with van der Waals surface area (Å²) in [4.78, 5) is 4.93. The predicted octanol–water partition coefficient (Wildman–Crippen LogP) is 3.24. The SMILES string of the molecule is Nc1ccc2c(c1-c1c(N)ccc3c1OC[C@@H]1CCCN31)OC[C@@H]1CCCN21. The molecule has 4 N–H and O–H groups in total. The van der Waals surface area contributed by atoms with Gasteiger partial charge in [0.2, 0.25) is 0 Å². The Balaban J connectivity index is 1.56. The maximum Gasteiger partial charge on any atom is 0.152 e. The Morgan fingerprint density at radius 2 is 1.18 bits per heavy atom. The van der Waals surface area contributed by atoms with Crippen molar-refractivity contribution in [2.75, 3.05) is 47.6 Å². The van der Waals surface area contributed by atoms with Crippen molar-refractivity contribution in [3.05, 3.63) is 24.3 Å². The van der Waals surface area contributed by atoms with Gasteiger partial charge in [-0.05, 0) is 49.9 Å². The van der Waals surface area contributed by atoms with Crippen LogP contribution in [-0.4, -0.2) is 38.4 Å². The summed E-state index contributed by atoms with van der Waals surface area (Å²) in [6, 6.07) is 9.08. The molecule has 0 unspecified atom stereocenters. The largest absolute Gasteiger partial charge is 0.489 e. The molecule has 2 saturated heterocycles. The third kappa shape index (κ3) is 2.14. The molecule has 146 valence electrons. The zero-order valence-electron chi connectivity index (χ0n) is 16.0. The third-order valence-corrected chi connectivity index (χ3v) is 6.80. The molecule has 0 aromatic heterocycles. The average molecular weight is 378 g/mol. The summed E-state index contributed by atoms with van der Waals surface area (Å²) in [5, 5.41) is 0. The molecule has 4 heterocycles. The van der Waals surface area contributed by atoms with Gasteiger partial charge in [0, 0.05) is 24.5 Å². The lowest BCUT2D eigenvalue weighted by molar-refractivity contribution is 0.269. The minimum atomic E-state index is 0.465. The van der Waals surface area contributed by atoms with Crippen LogP contribution in [0.4, 0.5) is 22.7 Å². The van der Waals surface area contributed by atoms with Crippen molar-refractivity contribution in [3.63, 3.8) is 0 Å². The van der Waals surface area contributed by atoms with Gasteiger partial charge in [0.05, 0.1) is 34.6 Å². The van der Waals surface area contributed by atoms with Gasteiger partial charge >= 0.3 is 0 Å².